The zero-order valence-corrected chi connectivity index (χ0v) is 17.3. The Bertz CT molecular complexity index is 1050. The summed E-state index contributed by atoms with van der Waals surface area (Å²) in [4.78, 5) is 49.9. The summed E-state index contributed by atoms with van der Waals surface area (Å²) in [5.74, 6) is -2.69. The predicted octanol–water partition coefficient (Wildman–Crippen LogP) is 2.39. The highest BCUT2D eigenvalue weighted by molar-refractivity contribution is 6.09. The van der Waals surface area contributed by atoms with Crippen molar-refractivity contribution in [3.05, 3.63) is 65.0 Å². The Morgan fingerprint density at radius 2 is 1.81 bits per heavy atom. The summed E-state index contributed by atoms with van der Waals surface area (Å²) in [5.41, 5.74) is 0.911. The molecule has 31 heavy (non-hydrogen) atoms. The van der Waals surface area contributed by atoms with Gasteiger partial charge in [0.05, 0.1) is 0 Å². The molecule has 3 rings (SSSR count). The van der Waals surface area contributed by atoms with Crippen LogP contribution >= 0.6 is 0 Å². The number of benzene rings is 2. The van der Waals surface area contributed by atoms with Crippen molar-refractivity contribution in [2.75, 3.05) is 18.5 Å². The van der Waals surface area contributed by atoms with E-state index in [0.29, 0.717) is 11.1 Å². The zero-order chi connectivity index (χ0) is 22.8. The summed E-state index contributed by atoms with van der Waals surface area (Å²) in [6, 6.07) is 10.5. The molecule has 1 aliphatic rings. The fraction of sp³-hybridized carbons (Fsp3) is 0.273. The summed E-state index contributed by atoms with van der Waals surface area (Å²) >= 11 is 0. The van der Waals surface area contributed by atoms with Crippen molar-refractivity contribution in [2.24, 2.45) is 0 Å². The minimum absolute atomic E-state index is 0.215. The fourth-order valence-corrected chi connectivity index (χ4v) is 3.11. The number of hydrogen-bond acceptors (Lipinski definition) is 5. The molecule has 9 heteroatoms. The molecule has 2 aromatic rings. The van der Waals surface area contributed by atoms with E-state index >= 15 is 0 Å². The number of carbonyl (C=O) groups is 4. The van der Waals surface area contributed by atoms with Gasteiger partial charge in [0.2, 0.25) is 0 Å². The van der Waals surface area contributed by atoms with Crippen LogP contribution in [0.4, 0.5) is 14.9 Å². The van der Waals surface area contributed by atoms with Crippen LogP contribution in [0.2, 0.25) is 0 Å². The average molecular weight is 427 g/mol. The lowest BCUT2D eigenvalue weighted by Crippen LogP contribution is -2.41. The first-order valence-corrected chi connectivity index (χ1v) is 9.53. The number of urea groups is 1. The summed E-state index contributed by atoms with van der Waals surface area (Å²) in [7, 11) is 0. The monoisotopic (exact) mass is 427 g/mol. The molecule has 2 N–H and O–H groups in total. The van der Waals surface area contributed by atoms with Crippen molar-refractivity contribution < 1.29 is 28.3 Å². The highest BCUT2D eigenvalue weighted by Crippen LogP contribution is 2.28. The largest absolute Gasteiger partial charge is 0.454 e. The first kappa shape index (κ1) is 21.9. The lowest BCUT2D eigenvalue weighted by atomic mass is 9.91. The third-order valence-electron chi connectivity index (χ3n) is 5.01. The third kappa shape index (κ3) is 4.71. The van der Waals surface area contributed by atoms with Gasteiger partial charge in [-0.2, -0.15) is 0 Å². The van der Waals surface area contributed by atoms with Gasteiger partial charge in [0.1, 0.15) is 17.9 Å². The number of nitrogens with zero attached hydrogens (tertiary/aromatic N) is 1. The van der Waals surface area contributed by atoms with E-state index in [1.807, 2.05) is 19.1 Å². The summed E-state index contributed by atoms with van der Waals surface area (Å²) < 4.78 is 18.4. The quantitative estimate of drug-likeness (QED) is 0.544. The van der Waals surface area contributed by atoms with Crippen molar-refractivity contribution in [1.29, 1.82) is 0 Å². The average Bonchev–Trinajstić information content (AvgIpc) is 2.93. The second-order valence-corrected chi connectivity index (χ2v) is 7.49. The lowest BCUT2D eigenvalue weighted by Gasteiger charge is -2.22. The number of nitrogens with one attached hydrogen (secondary N) is 2. The smallest absolute Gasteiger partial charge is 0.326 e. The molecule has 4 amide bonds. The van der Waals surface area contributed by atoms with Gasteiger partial charge >= 0.3 is 12.0 Å². The van der Waals surface area contributed by atoms with Gasteiger partial charge in [0, 0.05) is 5.69 Å². The summed E-state index contributed by atoms with van der Waals surface area (Å²) in [5, 5.41) is 4.99. The molecule has 162 valence electrons. The normalized spacial score (nSPS) is 18.0. The number of carbonyl (C=O) groups excluding carboxylic acids is 4. The Hall–Kier alpha value is -3.75. The maximum absolute atomic E-state index is 13.5. The molecular formula is C22H22FN3O5. The fourth-order valence-electron chi connectivity index (χ4n) is 3.11. The van der Waals surface area contributed by atoms with Gasteiger partial charge in [0.25, 0.3) is 11.8 Å². The van der Waals surface area contributed by atoms with Crippen LogP contribution in [0.15, 0.2) is 42.5 Å². The van der Waals surface area contributed by atoms with Gasteiger partial charge in [0.15, 0.2) is 6.61 Å². The molecule has 0 bridgehead atoms. The number of aryl methyl sites for hydroxylation is 2. The van der Waals surface area contributed by atoms with Crippen molar-refractivity contribution in [3.63, 3.8) is 0 Å². The van der Waals surface area contributed by atoms with Crippen LogP contribution in [0.5, 0.6) is 0 Å². The first-order valence-electron chi connectivity index (χ1n) is 9.53. The third-order valence-corrected chi connectivity index (χ3v) is 5.01. The number of anilines is 1. The van der Waals surface area contributed by atoms with Gasteiger partial charge in [-0.3, -0.25) is 19.3 Å². The highest BCUT2D eigenvalue weighted by atomic mass is 19.1. The second kappa shape index (κ2) is 8.55. The molecule has 2 aromatic carbocycles. The van der Waals surface area contributed by atoms with E-state index in [-0.39, 0.29) is 5.69 Å². The molecule has 0 radical (unpaired) electrons. The molecule has 1 saturated heterocycles. The van der Waals surface area contributed by atoms with E-state index in [2.05, 4.69) is 10.6 Å². The molecule has 0 spiro atoms. The maximum Gasteiger partial charge on any atom is 0.326 e. The Morgan fingerprint density at radius 1 is 1.13 bits per heavy atom. The second-order valence-electron chi connectivity index (χ2n) is 7.49. The summed E-state index contributed by atoms with van der Waals surface area (Å²) in [6.45, 7) is 3.75. The predicted molar refractivity (Wildman–Crippen MR) is 110 cm³/mol. The van der Waals surface area contributed by atoms with Gasteiger partial charge < -0.3 is 15.4 Å². The Labute approximate surface area is 178 Å². The molecule has 1 heterocycles. The van der Waals surface area contributed by atoms with Gasteiger partial charge in [-0.15, -0.1) is 0 Å². The Morgan fingerprint density at radius 3 is 2.45 bits per heavy atom. The number of esters is 1. The standard InChI is InChI=1S/C22H22FN3O5/c1-13-4-7-15(8-5-13)22(3)20(29)26(21(30)25-22)11-19(28)31-12-18(27)24-16-9-6-14(2)17(23)10-16/h4-10H,11-12H2,1-3H3,(H,24,27)(H,25,30)/t22-/m0/s1. The van der Waals surface area contributed by atoms with Crippen LogP contribution in [0.1, 0.15) is 23.6 Å². The van der Waals surface area contributed by atoms with Crippen LogP contribution in [-0.2, 0) is 24.7 Å². The van der Waals surface area contributed by atoms with Crippen LogP contribution in [0, 0.1) is 19.7 Å². The SMILES string of the molecule is Cc1ccc([C@]2(C)NC(=O)N(CC(=O)OCC(=O)Nc3ccc(C)c(F)c3)C2=O)cc1. The van der Waals surface area contributed by atoms with Crippen molar-refractivity contribution >= 4 is 29.5 Å². The highest BCUT2D eigenvalue weighted by Gasteiger charge is 2.49. The summed E-state index contributed by atoms with van der Waals surface area (Å²) in [6.07, 6.45) is 0. The van der Waals surface area contributed by atoms with Crippen LogP contribution in [0.3, 0.4) is 0 Å². The van der Waals surface area contributed by atoms with Gasteiger partial charge in [-0.1, -0.05) is 35.9 Å². The Kier molecular flexibility index (Phi) is 6.05. The number of amides is 4. The molecule has 0 aliphatic carbocycles. The van der Waals surface area contributed by atoms with E-state index in [4.69, 9.17) is 4.74 Å². The lowest BCUT2D eigenvalue weighted by molar-refractivity contribution is -0.150. The number of ether oxygens (including phenoxy) is 1. The minimum atomic E-state index is -1.31. The molecule has 0 saturated carbocycles. The molecule has 0 unspecified atom stereocenters. The van der Waals surface area contributed by atoms with Crippen LogP contribution < -0.4 is 10.6 Å². The molecule has 1 fully saturated rings. The van der Waals surface area contributed by atoms with Gasteiger partial charge in [-0.05, 0) is 44.0 Å². The molecule has 1 aliphatic heterocycles. The molecule has 8 nitrogen and oxygen atoms in total. The minimum Gasteiger partial charge on any atom is -0.454 e. The number of hydrogen-bond donors (Lipinski definition) is 2. The Balaban J connectivity index is 1.56. The van der Waals surface area contributed by atoms with Gasteiger partial charge in [-0.25, -0.2) is 9.18 Å². The molecule has 0 aromatic heterocycles. The molecular weight excluding hydrogens is 405 g/mol. The molecule has 1 atom stereocenters. The van der Waals surface area contributed by atoms with E-state index < -0.39 is 48.3 Å². The number of rotatable bonds is 6. The maximum atomic E-state index is 13.5. The van der Waals surface area contributed by atoms with Crippen molar-refractivity contribution in [3.8, 4) is 0 Å². The topological polar surface area (TPSA) is 105 Å². The number of halogens is 1. The zero-order valence-electron chi connectivity index (χ0n) is 17.3. The van der Waals surface area contributed by atoms with Crippen LogP contribution in [-0.4, -0.2) is 41.9 Å². The van der Waals surface area contributed by atoms with E-state index in [1.54, 1.807) is 26.0 Å². The van der Waals surface area contributed by atoms with Crippen molar-refractivity contribution in [2.45, 2.75) is 26.3 Å². The van der Waals surface area contributed by atoms with Crippen LogP contribution in [0.25, 0.3) is 0 Å². The van der Waals surface area contributed by atoms with E-state index in [1.165, 1.54) is 12.1 Å². The van der Waals surface area contributed by atoms with E-state index in [0.717, 1.165) is 16.5 Å². The van der Waals surface area contributed by atoms with E-state index in [9.17, 15) is 23.6 Å². The van der Waals surface area contributed by atoms with Crippen molar-refractivity contribution in [1.82, 2.24) is 10.2 Å². The first-order chi connectivity index (χ1) is 14.6. The number of imide groups is 1.